The minimum Gasteiger partial charge on any atom is -0.457 e. The summed E-state index contributed by atoms with van der Waals surface area (Å²) in [4.78, 5) is 0. The van der Waals surface area contributed by atoms with Crippen LogP contribution in [0.4, 0.5) is 0 Å². The van der Waals surface area contributed by atoms with Gasteiger partial charge in [-0.3, -0.25) is 0 Å². The van der Waals surface area contributed by atoms with Gasteiger partial charge in [0.25, 0.3) is 0 Å². The molecule has 0 spiro atoms. The minimum absolute atomic E-state index is 0.670. The lowest BCUT2D eigenvalue weighted by molar-refractivity contribution is 0.472. The first-order chi connectivity index (χ1) is 10.1. The second-order valence-electron chi connectivity index (χ2n) is 5.42. The van der Waals surface area contributed by atoms with Crippen LogP contribution in [0, 0.1) is 6.92 Å². The van der Waals surface area contributed by atoms with E-state index in [0.29, 0.717) is 11.1 Å². The number of nitrogens with one attached hydrogen (secondary N) is 1. The van der Waals surface area contributed by atoms with Crippen molar-refractivity contribution in [2.45, 2.75) is 32.4 Å². The standard InChI is InChI=1S/C17H17BrClNO/c1-11-8-15(6-7-16(11)18)21-17-9-13(19)3-2-12(17)10-20-14-4-5-14/h2-3,6-9,14,20H,4-5,10H2,1H3. The monoisotopic (exact) mass is 365 g/mol. The molecule has 1 fully saturated rings. The number of ether oxygens (including phenoxy) is 1. The smallest absolute Gasteiger partial charge is 0.133 e. The Labute approximate surface area is 138 Å². The van der Waals surface area contributed by atoms with Crippen LogP contribution in [0.2, 0.25) is 5.02 Å². The van der Waals surface area contributed by atoms with Gasteiger partial charge in [0.05, 0.1) is 0 Å². The molecule has 1 N–H and O–H groups in total. The summed E-state index contributed by atoms with van der Waals surface area (Å²) in [5.41, 5.74) is 2.28. The quantitative estimate of drug-likeness (QED) is 0.759. The van der Waals surface area contributed by atoms with E-state index in [2.05, 4.69) is 21.2 Å². The van der Waals surface area contributed by atoms with Gasteiger partial charge in [-0.2, -0.15) is 0 Å². The van der Waals surface area contributed by atoms with E-state index < -0.39 is 0 Å². The van der Waals surface area contributed by atoms with E-state index in [-0.39, 0.29) is 0 Å². The molecule has 21 heavy (non-hydrogen) atoms. The number of hydrogen-bond acceptors (Lipinski definition) is 2. The predicted molar refractivity (Wildman–Crippen MR) is 90.3 cm³/mol. The van der Waals surface area contributed by atoms with Gasteiger partial charge >= 0.3 is 0 Å². The summed E-state index contributed by atoms with van der Waals surface area (Å²) in [5, 5.41) is 4.20. The summed E-state index contributed by atoms with van der Waals surface area (Å²) < 4.78 is 7.11. The van der Waals surface area contributed by atoms with Gasteiger partial charge in [0.2, 0.25) is 0 Å². The number of rotatable bonds is 5. The van der Waals surface area contributed by atoms with Gasteiger partial charge in [0, 0.05) is 27.6 Å². The van der Waals surface area contributed by atoms with Gasteiger partial charge in [0.15, 0.2) is 0 Å². The van der Waals surface area contributed by atoms with Crippen LogP contribution < -0.4 is 10.1 Å². The fraction of sp³-hybridized carbons (Fsp3) is 0.294. The SMILES string of the molecule is Cc1cc(Oc2cc(Cl)ccc2CNC2CC2)ccc1Br. The molecule has 1 aliphatic carbocycles. The van der Waals surface area contributed by atoms with E-state index in [4.69, 9.17) is 16.3 Å². The summed E-state index contributed by atoms with van der Waals surface area (Å²) in [5.74, 6) is 1.64. The predicted octanol–water partition coefficient (Wildman–Crippen LogP) is 5.46. The summed E-state index contributed by atoms with van der Waals surface area (Å²) >= 11 is 9.61. The molecule has 2 nitrogen and oxygen atoms in total. The Bertz CT molecular complexity index is 655. The first-order valence-electron chi connectivity index (χ1n) is 7.07. The number of halogens is 2. The molecule has 1 aliphatic rings. The normalized spacial score (nSPS) is 14.2. The lowest BCUT2D eigenvalue weighted by Crippen LogP contribution is -2.15. The number of benzene rings is 2. The molecule has 2 aromatic rings. The third-order valence-electron chi connectivity index (χ3n) is 3.54. The van der Waals surface area contributed by atoms with Crippen molar-refractivity contribution < 1.29 is 4.74 Å². The molecule has 1 saturated carbocycles. The molecule has 0 amide bonds. The lowest BCUT2D eigenvalue weighted by Gasteiger charge is -2.13. The van der Waals surface area contributed by atoms with Gasteiger partial charge in [0.1, 0.15) is 11.5 Å². The van der Waals surface area contributed by atoms with Crippen LogP contribution in [0.1, 0.15) is 24.0 Å². The molecule has 110 valence electrons. The second kappa shape index (κ2) is 6.39. The Hall–Kier alpha value is -1.03. The van der Waals surface area contributed by atoms with Crippen molar-refractivity contribution >= 4 is 27.5 Å². The van der Waals surface area contributed by atoms with Gasteiger partial charge in [-0.15, -0.1) is 0 Å². The van der Waals surface area contributed by atoms with Crippen molar-refractivity contribution in [1.29, 1.82) is 0 Å². The minimum atomic E-state index is 0.670. The van der Waals surface area contributed by atoms with E-state index in [1.807, 2.05) is 43.3 Å². The van der Waals surface area contributed by atoms with Crippen LogP contribution in [0.5, 0.6) is 11.5 Å². The Kier molecular flexibility index (Phi) is 4.53. The molecule has 0 heterocycles. The Balaban J connectivity index is 1.81. The van der Waals surface area contributed by atoms with E-state index in [0.717, 1.165) is 33.6 Å². The molecule has 4 heteroatoms. The maximum atomic E-state index is 6.11. The van der Waals surface area contributed by atoms with Crippen molar-refractivity contribution in [1.82, 2.24) is 5.32 Å². The Morgan fingerprint density at radius 2 is 2.05 bits per heavy atom. The summed E-state index contributed by atoms with van der Waals surface area (Å²) in [7, 11) is 0. The van der Waals surface area contributed by atoms with Crippen molar-refractivity contribution in [3.05, 3.63) is 57.0 Å². The topological polar surface area (TPSA) is 21.3 Å². The molecule has 0 unspecified atom stereocenters. The van der Waals surface area contributed by atoms with Crippen LogP contribution in [0.25, 0.3) is 0 Å². The van der Waals surface area contributed by atoms with Crippen molar-refractivity contribution in [3.8, 4) is 11.5 Å². The maximum Gasteiger partial charge on any atom is 0.133 e. The lowest BCUT2D eigenvalue weighted by atomic mass is 10.2. The Morgan fingerprint density at radius 3 is 2.76 bits per heavy atom. The van der Waals surface area contributed by atoms with Crippen LogP contribution in [-0.4, -0.2) is 6.04 Å². The highest BCUT2D eigenvalue weighted by Gasteiger charge is 2.20. The molecule has 0 radical (unpaired) electrons. The van der Waals surface area contributed by atoms with E-state index in [1.165, 1.54) is 12.8 Å². The third kappa shape index (κ3) is 4.00. The van der Waals surface area contributed by atoms with E-state index in [9.17, 15) is 0 Å². The van der Waals surface area contributed by atoms with Crippen molar-refractivity contribution in [2.75, 3.05) is 0 Å². The van der Waals surface area contributed by atoms with E-state index in [1.54, 1.807) is 0 Å². The molecule has 0 bridgehead atoms. The molecule has 0 aliphatic heterocycles. The van der Waals surface area contributed by atoms with Gasteiger partial charge in [-0.05, 0) is 55.7 Å². The molecular weight excluding hydrogens is 350 g/mol. The van der Waals surface area contributed by atoms with Crippen molar-refractivity contribution in [3.63, 3.8) is 0 Å². The van der Waals surface area contributed by atoms with Crippen LogP contribution in [0.15, 0.2) is 40.9 Å². The molecule has 3 rings (SSSR count). The third-order valence-corrected chi connectivity index (χ3v) is 4.67. The first kappa shape index (κ1) is 14.9. The first-order valence-corrected chi connectivity index (χ1v) is 8.25. The zero-order valence-corrected chi connectivity index (χ0v) is 14.2. The largest absolute Gasteiger partial charge is 0.457 e. The summed E-state index contributed by atoms with van der Waals surface area (Å²) in [6.45, 7) is 2.86. The fourth-order valence-electron chi connectivity index (χ4n) is 2.12. The maximum absolute atomic E-state index is 6.11. The molecule has 0 saturated heterocycles. The zero-order valence-electron chi connectivity index (χ0n) is 11.8. The average Bonchev–Trinajstić information content (AvgIpc) is 3.26. The summed E-state index contributed by atoms with van der Waals surface area (Å²) in [6, 6.07) is 12.5. The van der Waals surface area contributed by atoms with Gasteiger partial charge in [-0.25, -0.2) is 0 Å². The molecule has 0 aromatic heterocycles. The molecular formula is C17H17BrClNO. The van der Waals surface area contributed by atoms with Crippen LogP contribution >= 0.6 is 27.5 Å². The molecule has 2 aromatic carbocycles. The highest BCUT2D eigenvalue weighted by atomic mass is 79.9. The van der Waals surface area contributed by atoms with Gasteiger partial charge < -0.3 is 10.1 Å². The molecule has 0 atom stereocenters. The highest BCUT2D eigenvalue weighted by molar-refractivity contribution is 9.10. The van der Waals surface area contributed by atoms with E-state index >= 15 is 0 Å². The zero-order chi connectivity index (χ0) is 14.8. The highest BCUT2D eigenvalue weighted by Crippen LogP contribution is 2.31. The van der Waals surface area contributed by atoms with Gasteiger partial charge in [-0.1, -0.05) is 33.6 Å². The average molecular weight is 367 g/mol. The number of hydrogen-bond donors (Lipinski definition) is 1. The van der Waals surface area contributed by atoms with Crippen LogP contribution in [0.3, 0.4) is 0 Å². The van der Waals surface area contributed by atoms with Crippen LogP contribution in [-0.2, 0) is 6.54 Å². The Morgan fingerprint density at radius 1 is 1.24 bits per heavy atom. The summed E-state index contributed by atoms with van der Waals surface area (Å²) in [6.07, 6.45) is 2.55. The fourth-order valence-corrected chi connectivity index (χ4v) is 2.53. The number of aryl methyl sites for hydroxylation is 1. The second-order valence-corrected chi connectivity index (χ2v) is 6.71. The van der Waals surface area contributed by atoms with Crippen molar-refractivity contribution in [2.24, 2.45) is 0 Å².